The smallest absolute Gasteiger partial charge is 0.309 e. The Bertz CT molecular complexity index is 257. The molecular formula is C14H26O3. The molecule has 0 atom stereocenters. The molecule has 1 aliphatic rings. The molecule has 100 valence electrons. The molecule has 17 heavy (non-hydrogen) atoms. The van der Waals surface area contributed by atoms with Gasteiger partial charge in [0.2, 0.25) is 0 Å². The summed E-state index contributed by atoms with van der Waals surface area (Å²) in [4.78, 5) is 11.5. The molecule has 0 aromatic carbocycles. The highest BCUT2D eigenvalue weighted by molar-refractivity contribution is 5.74. The number of carboxylic acid groups (broad SMARTS) is 1. The SMILES string of the molecule is CCC1CCC(CCC(C)(C)O)(C(=O)O)CC1. The van der Waals surface area contributed by atoms with Crippen LogP contribution in [0, 0.1) is 11.3 Å². The molecule has 1 fully saturated rings. The lowest BCUT2D eigenvalue weighted by Gasteiger charge is -2.38. The first kappa shape index (κ1) is 14.5. The molecule has 3 nitrogen and oxygen atoms in total. The van der Waals surface area contributed by atoms with Crippen molar-refractivity contribution in [3.05, 3.63) is 0 Å². The van der Waals surface area contributed by atoms with E-state index in [0.29, 0.717) is 18.8 Å². The summed E-state index contributed by atoms with van der Waals surface area (Å²) in [6.07, 6.45) is 5.91. The second-order valence-electron chi connectivity index (χ2n) is 6.25. The van der Waals surface area contributed by atoms with Gasteiger partial charge in [-0.3, -0.25) is 4.79 Å². The van der Waals surface area contributed by atoms with Crippen molar-refractivity contribution in [2.75, 3.05) is 0 Å². The van der Waals surface area contributed by atoms with Crippen molar-refractivity contribution in [1.82, 2.24) is 0 Å². The fourth-order valence-corrected chi connectivity index (χ4v) is 2.75. The van der Waals surface area contributed by atoms with Gasteiger partial charge in [0, 0.05) is 0 Å². The van der Waals surface area contributed by atoms with Crippen LogP contribution in [0.25, 0.3) is 0 Å². The van der Waals surface area contributed by atoms with Crippen molar-refractivity contribution >= 4 is 5.97 Å². The first-order valence-corrected chi connectivity index (χ1v) is 6.75. The van der Waals surface area contributed by atoms with Crippen LogP contribution in [0.1, 0.15) is 65.7 Å². The first-order chi connectivity index (χ1) is 7.79. The molecule has 0 heterocycles. The minimum absolute atomic E-state index is 0.566. The Morgan fingerprint density at radius 3 is 2.24 bits per heavy atom. The summed E-state index contributed by atoms with van der Waals surface area (Å²) in [6, 6.07) is 0. The van der Waals surface area contributed by atoms with Gasteiger partial charge in [0.25, 0.3) is 0 Å². The Morgan fingerprint density at radius 2 is 1.88 bits per heavy atom. The van der Waals surface area contributed by atoms with Gasteiger partial charge in [-0.2, -0.15) is 0 Å². The molecule has 3 heteroatoms. The van der Waals surface area contributed by atoms with Gasteiger partial charge in [0.05, 0.1) is 11.0 Å². The third-order valence-corrected chi connectivity index (χ3v) is 4.31. The lowest BCUT2D eigenvalue weighted by molar-refractivity contribution is -0.153. The van der Waals surface area contributed by atoms with Crippen molar-refractivity contribution in [2.45, 2.75) is 71.3 Å². The number of rotatable bonds is 5. The van der Waals surface area contributed by atoms with Gasteiger partial charge in [-0.25, -0.2) is 0 Å². The van der Waals surface area contributed by atoms with E-state index in [1.165, 1.54) is 0 Å². The molecule has 1 saturated carbocycles. The molecule has 1 rings (SSSR count). The van der Waals surface area contributed by atoms with Gasteiger partial charge < -0.3 is 10.2 Å². The standard InChI is InChI=1S/C14H26O3/c1-4-11-5-7-14(8-6-11,12(15)16)10-9-13(2,3)17/h11,17H,4-10H2,1-3H3,(H,15,16). The minimum atomic E-state index is -0.760. The summed E-state index contributed by atoms with van der Waals surface area (Å²) in [5.74, 6) is 0.0286. The van der Waals surface area contributed by atoms with Gasteiger partial charge in [-0.05, 0) is 58.3 Å². The Balaban J connectivity index is 2.62. The van der Waals surface area contributed by atoms with Crippen LogP contribution in [0.5, 0.6) is 0 Å². The summed E-state index contributed by atoms with van der Waals surface area (Å²) in [5.41, 5.74) is -1.34. The summed E-state index contributed by atoms with van der Waals surface area (Å²) < 4.78 is 0. The van der Waals surface area contributed by atoms with Gasteiger partial charge in [-0.1, -0.05) is 13.3 Å². The summed E-state index contributed by atoms with van der Waals surface area (Å²) in [7, 11) is 0. The molecule has 1 aliphatic carbocycles. The second-order valence-corrected chi connectivity index (χ2v) is 6.25. The highest BCUT2D eigenvalue weighted by Crippen LogP contribution is 2.44. The maximum absolute atomic E-state index is 11.5. The molecular weight excluding hydrogens is 216 g/mol. The van der Waals surface area contributed by atoms with Crippen molar-refractivity contribution in [3.63, 3.8) is 0 Å². The third kappa shape index (κ3) is 3.98. The van der Waals surface area contributed by atoms with E-state index in [-0.39, 0.29) is 0 Å². The molecule has 0 amide bonds. The highest BCUT2D eigenvalue weighted by atomic mass is 16.4. The summed E-state index contributed by atoms with van der Waals surface area (Å²) in [6.45, 7) is 5.68. The van der Waals surface area contributed by atoms with E-state index < -0.39 is 17.0 Å². The van der Waals surface area contributed by atoms with Crippen LogP contribution >= 0.6 is 0 Å². The molecule has 2 N–H and O–H groups in total. The first-order valence-electron chi connectivity index (χ1n) is 6.75. The Labute approximate surface area is 104 Å². The second kappa shape index (κ2) is 5.38. The zero-order valence-corrected chi connectivity index (χ0v) is 11.3. The van der Waals surface area contributed by atoms with Crippen LogP contribution in [-0.4, -0.2) is 21.8 Å². The molecule has 0 saturated heterocycles. The van der Waals surface area contributed by atoms with E-state index in [1.807, 2.05) is 0 Å². The maximum Gasteiger partial charge on any atom is 0.309 e. The van der Waals surface area contributed by atoms with Crippen molar-refractivity contribution in [2.24, 2.45) is 11.3 Å². The van der Waals surface area contributed by atoms with Gasteiger partial charge in [-0.15, -0.1) is 0 Å². The average molecular weight is 242 g/mol. The number of hydrogen-bond donors (Lipinski definition) is 2. The van der Waals surface area contributed by atoms with E-state index in [9.17, 15) is 15.0 Å². The number of hydrogen-bond acceptors (Lipinski definition) is 2. The third-order valence-electron chi connectivity index (χ3n) is 4.31. The van der Waals surface area contributed by atoms with Crippen LogP contribution in [0.4, 0.5) is 0 Å². The van der Waals surface area contributed by atoms with Gasteiger partial charge in [0.15, 0.2) is 0 Å². The Kier molecular flexibility index (Phi) is 4.59. The van der Waals surface area contributed by atoms with E-state index >= 15 is 0 Å². The number of carboxylic acids is 1. The topological polar surface area (TPSA) is 57.5 Å². The van der Waals surface area contributed by atoms with Crippen molar-refractivity contribution < 1.29 is 15.0 Å². The zero-order valence-electron chi connectivity index (χ0n) is 11.3. The minimum Gasteiger partial charge on any atom is -0.481 e. The van der Waals surface area contributed by atoms with E-state index in [4.69, 9.17) is 0 Å². The molecule has 0 radical (unpaired) electrons. The normalized spacial score (nSPS) is 30.2. The largest absolute Gasteiger partial charge is 0.481 e. The van der Waals surface area contributed by atoms with E-state index in [1.54, 1.807) is 13.8 Å². The maximum atomic E-state index is 11.5. The monoisotopic (exact) mass is 242 g/mol. The molecule has 0 unspecified atom stereocenters. The van der Waals surface area contributed by atoms with Crippen molar-refractivity contribution in [3.8, 4) is 0 Å². The molecule has 0 spiro atoms. The highest BCUT2D eigenvalue weighted by Gasteiger charge is 2.42. The predicted octanol–water partition coefficient (Wildman–Crippen LogP) is 3.21. The van der Waals surface area contributed by atoms with Crippen LogP contribution in [0.15, 0.2) is 0 Å². The van der Waals surface area contributed by atoms with Crippen LogP contribution < -0.4 is 0 Å². The van der Waals surface area contributed by atoms with Crippen LogP contribution in [0.3, 0.4) is 0 Å². The number of aliphatic carboxylic acids is 1. The molecule has 0 aromatic rings. The predicted molar refractivity (Wildman–Crippen MR) is 67.8 cm³/mol. The molecule has 0 bridgehead atoms. The quantitative estimate of drug-likeness (QED) is 0.778. The lowest BCUT2D eigenvalue weighted by atomic mass is 9.67. The fourth-order valence-electron chi connectivity index (χ4n) is 2.75. The Morgan fingerprint density at radius 1 is 1.35 bits per heavy atom. The Hall–Kier alpha value is -0.570. The van der Waals surface area contributed by atoms with Crippen LogP contribution in [0.2, 0.25) is 0 Å². The van der Waals surface area contributed by atoms with Crippen LogP contribution in [-0.2, 0) is 4.79 Å². The summed E-state index contributed by atoms with van der Waals surface area (Å²) >= 11 is 0. The zero-order chi connectivity index (χ0) is 13.1. The van der Waals surface area contributed by atoms with Gasteiger partial charge >= 0.3 is 5.97 Å². The van der Waals surface area contributed by atoms with Crippen molar-refractivity contribution in [1.29, 1.82) is 0 Å². The molecule has 0 aliphatic heterocycles. The average Bonchev–Trinajstić information content (AvgIpc) is 2.26. The lowest BCUT2D eigenvalue weighted by Crippen LogP contribution is -2.37. The van der Waals surface area contributed by atoms with Gasteiger partial charge in [0.1, 0.15) is 0 Å². The summed E-state index contributed by atoms with van der Waals surface area (Å²) in [5, 5.41) is 19.2. The van der Waals surface area contributed by atoms with E-state index in [0.717, 1.165) is 32.1 Å². The molecule has 0 aromatic heterocycles. The number of aliphatic hydroxyl groups is 1. The fraction of sp³-hybridized carbons (Fsp3) is 0.929. The van der Waals surface area contributed by atoms with E-state index in [2.05, 4.69) is 6.92 Å². The number of carbonyl (C=O) groups is 1.